The van der Waals surface area contributed by atoms with Crippen LogP contribution in [-0.2, 0) is 9.53 Å². The molecule has 1 saturated heterocycles. The van der Waals surface area contributed by atoms with E-state index in [1.807, 2.05) is 6.92 Å². The first kappa shape index (κ1) is 12.4. The number of rotatable bonds is 5. The highest BCUT2D eigenvalue weighted by Crippen LogP contribution is 2.15. The summed E-state index contributed by atoms with van der Waals surface area (Å²) in [7, 11) is 0. The third-order valence-electron chi connectivity index (χ3n) is 2.97. The summed E-state index contributed by atoms with van der Waals surface area (Å²) < 4.78 is 5.11. The van der Waals surface area contributed by atoms with Crippen LogP contribution in [0.3, 0.4) is 0 Å². The maximum absolute atomic E-state index is 11.7. The molecule has 1 aliphatic rings. The average Bonchev–Trinajstić information content (AvgIpc) is 2.79. The number of aliphatic hydroxyl groups excluding tert-OH is 2. The van der Waals surface area contributed by atoms with E-state index in [1.54, 1.807) is 0 Å². The molecular formula is C10H19NO4. The summed E-state index contributed by atoms with van der Waals surface area (Å²) in [4.78, 5) is 11.7. The lowest BCUT2D eigenvalue weighted by Crippen LogP contribution is -2.55. The van der Waals surface area contributed by atoms with Crippen molar-refractivity contribution in [3.05, 3.63) is 0 Å². The van der Waals surface area contributed by atoms with Crippen molar-refractivity contribution in [2.45, 2.75) is 25.3 Å². The van der Waals surface area contributed by atoms with Gasteiger partial charge in [-0.2, -0.15) is 0 Å². The largest absolute Gasteiger partial charge is 0.394 e. The highest BCUT2D eigenvalue weighted by atomic mass is 16.5. The van der Waals surface area contributed by atoms with Gasteiger partial charge in [0.25, 0.3) is 0 Å². The molecule has 5 nitrogen and oxygen atoms in total. The standard InChI is InChI=1S/C10H19NO4/c1-2-10(6-12,7-13)11-9(14)8-3-4-15-5-8/h8,12-13H,2-7H2,1H3,(H,11,14). The fraction of sp³-hybridized carbons (Fsp3) is 0.900. The number of ether oxygens (including phenoxy) is 1. The van der Waals surface area contributed by atoms with E-state index in [-0.39, 0.29) is 25.0 Å². The number of carbonyl (C=O) groups excluding carboxylic acids is 1. The molecule has 0 aromatic heterocycles. The van der Waals surface area contributed by atoms with E-state index in [1.165, 1.54) is 0 Å². The molecule has 1 unspecified atom stereocenters. The fourth-order valence-corrected chi connectivity index (χ4v) is 1.55. The Bertz CT molecular complexity index is 201. The van der Waals surface area contributed by atoms with Crippen molar-refractivity contribution in [2.24, 2.45) is 5.92 Å². The minimum Gasteiger partial charge on any atom is -0.394 e. The highest BCUT2D eigenvalue weighted by molar-refractivity contribution is 5.79. The molecule has 1 heterocycles. The maximum atomic E-state index is 11.7. The van der Waals surface area contributed by atoms with Gasteiger partial charge in [0.2, 0.25) is 5.91 Å². The van der Waals surface area contributed by atoms with Crippen LogP contribution in [0, 0.1) is 5.92 Å². The Morgan fingerprint density at radius 2 is 2.20 bits per heavy atom. The SMILES string of the molecule is CCC(CO)(CO)NC(=O)C1CCOC1. The Labute approximate surface area is 89.4 Å². The van der Waals surface area contributed by atoms with E-state index in [0.717, 1.165) is 0 Å². The first-order chi connectivity index (χ1) is 7.17. The third kappa shape index (κ3) is 2.90. The summed E-state index contributed by atoms with van der Waals surface area (Å²) in [5.74, 6) is -0.286. The van der Waals surface area contributed by atoms with Crippen LogP contribution in [0.1, 0.15) is 19.8 Å². The minimum absolute atomic E-state index is 0.141. The topological polar surface area (TPSA) is 78.8 Å². The van der Waals surface area contributed by atoms with Crippen LogP contribution in [0.5, 0.6) is 0 Å². The molecule has 1 aliphatic heterocycles. The number of hydrogen-bond donors (Lipinski definition) is 3. The smallest absolute Gasteiger partial charge is 0.226 e. The summed E-state index contributed by atoms with van der Waals surface area (Å²) in [6.45, 7) is 2.36. The second kappa shape index (κ2) is 5.44. The zero-order valence-electron chi connectivity index (χ0n) is 9.03. The van der Waals surface area contributed by atoms with Crippen molar-refractivity contribution in [3.63, 3.8) is 0 Å². The zero-order valence-corrected chi connectivity index (χ0v) is 9.03. The normalized spacial score (nSPS) is 21.7. The predicted octanol–water partition coefficient (Wildman–Crippen LogP) is -0.727. The molecule has 0 saturated carbocycles. The summed E-state index contributed by atoms with van der Waals surface area (Å²) in [5, 5.41) is 21.0. The van der Waals surface area contributed by atoms with Crippen LogP contribution in [0.4, 0.5) is 0 Å². The highest BCUT2D eigenvalue weighted by Gasteiger charge is 2.32. The molecule has 0 radical (unpaired) electrons. The van der Waals surface area contributed by atoms with Crippen LogP contribution in [0.25, 0.3) is 0 Å². The van der Waals surface area contributed by atoms with Crippen molar-refractivity contribution in [1.82, 2.24) is 5.32 Å². The summed E-state index contributed by atoms with van der Waals surface area (Å²) in [6.07, 6.45) is 1.21. The number of aliphatic hydroxyl groups is 2. The van der Waals surface area contributed by atoms with Crippen LogP contribution >= 0.6 is 0 Å². The van der Waals surface area contributed by atoms with Gasteiger partial charge in [-0.15, -0.1) is 0 Å². The van der Waals surface area contributed by atoms with Gasteiger partial charge in [-0.1, -0.05) is 6.92 Å². The zero-order chi connectivity index (χ0) is 11.3. The van der Waals surface area contributed by atoms with Gasteiger partial charge >= 0.3 is 0 Å². The van der Waals surface area contributed by atoms with Gasteiger partial charge < -0.3 is 20.3 Å². The van der Waals surface area contributed by atoms with Gasteiger partial charge in [0.15, 0.2) is 0 Å². The molecule has 3 N–H and O–H groups in total. The Kier molecular flexibility index (Phi) is 4.50. The minimum atomic E-state index is -0.889. The third-order valence-corrected chi connectivity index (χ3v) is 2.97. The molecule has 0 bridgehead atoms. The Morgan fingerprint density at radius 1 is 1.53 bits per heavy atom. The van der Waals surface area contributed by atoms with Gasteiger partial charge in [-0.3, -0.25) is 4.79 Å². The van der Waals surface area contributed by atoms with Crippen molar-refractivity contribution < 1.29 is 19.7 Å². The van der Waals surface area contributed by atoms with Gasteiger partial charge in [0.1, 0.15) is 0 Å². The van der Waals surface area contributed by atoms with Gasteiger partial charge in [-0.05, 0) is 12.8 Å². The van der Waals surface area contributed by atoms with Crippen LogP contribution in [0.15, 0.2) is 0 Å². The van der Waals surface area contributed by atoms with E-state index >= 15 is 0 Å². The first-order valence-electron chi connectivity index (χ1n) is 5.29. The van der Waals surface area contributed by atoms with Crippen LogP contribution in [0.2, 0.25) is 0 Å². The summed E-state index contributed by atoms with van der Waals surface area (Å²) in [6, 6.07) is 0. The molecule has 1 amide bonds. The number of nitrogens with one attached hydrogen (secondary N) is 1. The Hall–Kier alpha value is -0.650. The molecule has 88 valence electrons. The molecule has 1 atom stereocenters. The second-order valence-corrected chi connectivity index (χ2v) is 4.00. The first-order valence-corrected chi connectivity index (χ1v) is 5.29. The lowest BCUT2D eigenvalue weighted by Gasteiger charge is -2.30. The number of amides is 1. The Balaban J connectivity index is 2.53. The Morgan fingerprint density at radius 3 is 2.60 bits per heavy atom. The van der Waals surface area contributed by atoms with Gasteiger partial charge in [-0.25, -0.2) is 0 Å². The predicted molar refractivity (Wildman–Crippen MR) is 54.3 cm³/mol. The van der Waals surface area contributed by atoms with E-state index in [9.17, 15) is 4.79 Å². The molecule has 1 rings (SSSR count). The second-order valence-electron chi connectivity index (χ2n) is 4.00. The molecule has 0 aliphatic carbocycles. The molecule has 15 heavy (non-hydrogen) atoms. The maximum Gasteiger partial charge on any atom is 0.226 e. The van der Waals surface area contributed by atoms with Gasteiger partial charge in [0.05, 0.1) is 31.3 Å². The summed E-state index contributed by atoms with van der Waals surface area (Å²) in [5.41, 5.74) is -0.889. The van der Waals surface area contributed by atoms with E-state index in [0.29, 0.717) is 26.1 Å². The van der Waals surface area contributed by atoms with Crippen molar-refractivity contribution in [1.29, 1.82) is 0 Å². The average molecular weight is 217 g/mol. The van der Waals surface area contributed by atoms with E-state index in [2.05, 4.69) is 5.32 Å². The van der Waals surface area contributed by atoms with Crippen molar-refractivity contribution in [3.8, 4) is 0 Å². The molecular weight excluding hydrogens is 198 g/mol. The van der Waals surface area contributed by atoms with Gasteiger partial charge in [0, 0.05) is 6.61 Å². The van der Waals surface area contributed by atoms with Crippen molar-refractivity contribution in [2.75, 3.05) is 26.4 Å². The molecule has 5 heteroatoms. The fourth-order valence-electron chi connectivity index (χ4n) is 1.55. The van der Waals surface area contributed by atoms with Crippen molar-refractivity contribution >= 4 is 5.91 Å². The van der Waals surface area contributed by atoms with Crippen LogP contribution < -0.4 is 5.32 Å². The number of carbonyl (C=O) groups is 1. The molecule has 0 aromatic carbocycles. The lowest BCUT2D eigenvalue weighted by molar-refractivity contribution is -0.128. The van der Waals surface area contributed by atoms with E-state index in [4.69, 9.17) is 14.9 Å². The molecule has 1 fully saturated rings. The quantitative estimate of drug-likeness (QED) is 0.567. The summed E-state index contributed by atoms with van der Waals surface area (Å²) >= 11 is 0. The lowest BCUT2D eigenvalue weighted by atomic mass is 9.96. The van der Waals surface area contributed by atoms with Crippen LogP contribution in [-0.4, -0.2) is 48.1 Å². The molecule has 0 spiro atoms. The monoisotopic (exact) mass is 217 g/mol. The van der Waals surface area contributed by atoms with E-state index < -0.39 is 5.54 Å². The number of hydrogen-bond acceptors (Lipinski definition) is 4. The molecule has 0 aromatic rings.